The Bertz CT molecular complexity index is 2410. The Labute approximate surface area is 376 Å². The number of benzene rings is 5. The maximum absolute atomic E-state index is 14.8. The molecule has 11 heteroatoms. The molecule has 2 fully saturated rings. The van der Waals surface area contributed by atoms with E-state index in [1.54, 1.807) is 11.9 Å². The predicted molar refractivity (Wildman–Crippen MR) is 250 cm³/mol. The summed E-state index contributed by atoms with van der Waals surface area (Å²) < 4.78 is 18.3. The minimum atomic E-state index is -0.764. The van der Waals surface area contributed by atoms with Crippen LogP contribution in [0.1, 0.15) is 71.6 Å². The first-order chi connectivity index (χ1) is 30.0. The zero-order valence-corrected chi connectivity index (χ0v) is 38.2. The Hall–Kier alpha value is -5.42. The highest BCUT2D eigenvalue weighted by atomic mass is 35.5. The summed E-state index contributed by atoms with van der Waals surface area (Å²) in [5, 5.41) is 2.30. The topological polar surface area (TPSA) is 91.9 Å². The molecule has 63 heavy (non-hydrogen) atoms. The number of esters is 1. The smallest absolute Gasteiger partial charge is 0.410 e. The average molecular weight is 872 g/mol. The maximum atomic E-state index is 14.8. The van der Waals surface area contributed by atoms with Crippen molar-refractivity contribution < 1.29 is 28.6 Å². The van der Waals surface area contributed by atoms with Crippen molar-refractivity contribution in [2.75, 3.05) is 51.2 Å². The molecule has 3 heterocycles. The first-order valence-corrected chi connectivity index (χ1v) is 22.5. The molecule has 8 rings (SSSR count). The normalized spacial score (nSPS) is 17.9. The number of hydrogen-bond acceptors (Lipinski definition) is 8. The summed E-state index contributed by atoms with van der Waals surface area (Å²) in [6, 6.07) is 36.8. The lowest BCUT2D eigenvalue weighted by atomic mass is 9.89. The van der Waals surface area contributed by atoms with Crippen LogP contribution in [0.2, 0.25) is 5.02 Å². The summed E-state index contributed by atoms with van der Waals surface area (Å²) in [7, 11) is 1.80. The highest BCUT2D eigenvalue weighted by molar-refractivity contribution is 6.34. The minimum Gasteiger partial charge on any atom is -0.477 e. The first-order valence-electron chi connectivity index (χ1n) is 22.1. The van der Waals surface area contributed by atoms with Crippen LogP contribution in [-0.4, -0.2) is 96.7 Å². The Morgan fingerprint density at radius 1 is 0.810 bits per heavy atom. The third-order valence-corrected chi connectivity index (χ3v) is 12.6. The highest BCUT2D eigenvalue weighted by Crippen LogP contribution is 2.46. The van der Waals surface area contributed by atoms with Gasteiger partial charge in [0.1, 0.15) is 17.1 Å². The third-order valence-electron chi connectivity index (χ3n) is 12.3. The summed E-state index contributed by atoms with van der Waals surface area (Å²) in [5.74, 6) is 0.776. The molecule has 0 radical (unpaired) electrons. The number of likely N-dealkylation sites (tertiary alicyclic amines) is 2. The fourth-order valence-corrected chi connectivity index (χ4v) is 9.22. The van der Waals surface area contributed by atoms with Gasteiger partial charge in [-0.05, 0) is 106 Å². The van der Waals surface area contributed by atoms with Gasteiger partial charge in [0.15, 0.2) is 6.10 Å². The van der Waals surface area contributed by atoms with Crippen molar-refractivity contribution in [1.29, 1.82) is 0 Å². The molecule has 1 unspecified atom stereocenters. The molecular formula is C52H59ClN4O6. The molecule has 0 aromatic heterocycles. The quantitative estimate of drug-likeness (QED) is 0.101. The van der Waals surface area contributed by atoms with Gasteiger partial charge in [0.2, 0.25) is 0 Å². The molecule has 2 saturated heterocycles. The zero-order valence-electron chi connectivity index (χ0n) is 37.5. The third kappa shape index (κ3) is 9.89. The van der Waals surface area contributed by atoms with Gasteiger partial charge in [-0.25, -0.2) is 4.79 Å². The maximum Gasteiger partial charge on any atom is 0.410 e. The van der Waals surface area contributed by atoms with Crippen LogP contribution in [0, 0.1) is 11.3 Å². The van der Waals surface area contributed by atoms with Gasteiger partial charge in [-0.3, -0.25) is 19.4 Å². The van der Waals surface area contributed by atoms with Gasteiger partial charge in [0.25, 0.3) is 5.91 Å². The molecule has 3 aliphatic rings. The molecule has 3 aliphatic heterocycles. The number of carbonyl (C=O) groups is 3. The van der Waals surface area contributed by atoms with Crippen molar-refractivity contribution in [2.24, 2.45) is 11.3 Å². The van der Waals surface area contributed by atoms with E-state index in [1.165, 1.54) is 11.1 Å². The highest BCUT2D eigenvalue weighted by Gasteiger charge is 2.42. The number of amides is 2. The van der Waals surface area contributed by atoms with Crippen LogP contribution >= 0.6 is 11.6 Å². The van der Waals surface area contributed by atoms with Crippen LogP contribution in [-0.2, 0) is 14.3 Å². The summed E-state index contributed by atoms with van der Waals surface area (Å²) in [6.07, 6.45) is 0.413. The van der Waals surface area contributed by atoms with E-state index in [1.807, 2.05) is 107 Å². The van der Waals surface area contributed by atoms with Crippen LogP contribution in [0.3, 0.4) is 0 Å². The van der Waals surface area contributed by atoms with Crippen molar-refractivity contribution in [3.8, 4) is 22.6 Å². The van der Waals surface area contributed by atoms with Crippen LogP contribution in [0.25, 0.3) is 21.9 Å². The van der Waals surface area contributed by atoms with E-state index in [-0.39, 0.29) is 36.0 Å². The standard InChI is InChI=1S/C52H59ClN4O6/c1-51(2,3)49(59)61-39-26-37-20-14-15-21-40(37)41(27-39)42-28-45-44(29-43(42)53)57(32-34-30-56(31-34)47(35-16-10-8-11-17-35)36-18-12-9-13-19-36)48(58)46(62-45)33-55-24-22-38(23-25-55)54(7)50(60)63-52(4,5)6/h8-21,26-29,34,38,46-47H,22-25,30-33H2,1-7H3. The molecule has 0 N–H and O–H groups in total. The van der Waals surface area contributed by atoms with E-state index < -0.39 is 17.1 Å². The largest absolute Gasteiger partial charge is 0.477 e. The molecule has 10 nitrogen and oxygen atoms in total. The van der Waals surface area contributed by atoms with Crippen LogP contribution in [0.15, 0.2) is 109 Å². The van der Waals surface area contributed by atoms with Gasteiger partial charge in [-0.2, -0.15) is 0 Å². The second-order valence-corrected chi connectivity index (χ2v) is 19.8. The number of hydrogen-bond donors (Lipinski definition) is 0. The molecule has 2 amide bonds. The lowest BCUT2D eigenvalue weighted by Crippen LogP contribution is -2.58. The van der Waals surface area contributed by atoms with E-state index in [0.29, 0.717) is 54.0 Å². The van der Waals surface area contributed by atoms with Gasteiger partial charge in [0.05, 0.1) is 22.2 Å². The lowest BCUT2D eigenvalue weighted by molar-refractivity contribution is -0.143. The lowest BCUT2D eigenvalue weighted by Gasteiger charge is -2.47. The number of anilines is 1. The summed E-state index contributed by atoms with van der Waals surface area (Å²) >= 11 is 7.26. The molecule has 0 saturated carbocycles. The Morgan fingerprint density at radius 3 is 2.05 bits per heavy atom. The predicted octanol–water partition coefficient (Wildman–Crippen LogP) is 10.3. The number of ether oxygens (including phenoxy) is 3. The summed E-state index contributed by atoms with van der Waals surface area (Å²) in [6.45, 7) is 15.1. The Balaban J connectivity index is 1.08. The number of fused-ring (bicyclic) bond motifs is 2. The second kappa shape index (κ2) is 18.0. The summed E-state index contributed by atoms with van der Waals surface area (Å²) in [5.41, 5.74) is 3.35. The van der Waals surface area contributed by atoms with Crippen molar-refractivity contribution >= 4 is 46.0 Å². The molecule has 330 valence electrons. The first kappa shape index (κ1) is 44.2. The van der Waals surface area contributed by atoms with E-state index in [2.05, 4.69) is 58.3 Å². The van der Waals surface area contributed by atoms with E-state index in [4.69, 9.17) is 25.8 Å². The van der Waals surface area contributed by atoms with Crippen LogP contribution in [0.5, 0.6) is 11.5 Å². The molecule has 0 spiro atoms. The van der Waals surface area contributed by atoms with Gasteiger partial charge in [-0.15, -0.1) is 0 Å². The Kier molecular flexibility index (Phi) is 12.6. The van der Waals surface area contributed by atoms with Crippen LogP contribution < -0.4 is 14.4 Å². The SMILES string of the molecule is CN(C(=O)OC(C)(C)C)C1CCN(CC2Oc3cc(-c4cc(OC(=O)C(C)(C)C)cc5ccccc45)c(Cl)cc3N(CC3CN(C(c4ccccc4)c4ccccc4)C3)C2=O)CC1. The number of halogens is 1. The minimum absolute atomic E-state index is 0.0337. The van der Waals surface area contributed by atoms with Crippen molar-refractivity contribution in [1.82, 2.24) is 14.7 Å². The van der Waals surface area contributed by atoms with E-state index in [9.17, 15) is 14.4 Å². The molecule has 5 aromatic rings. The van der Waals surface area contributed by atoms with Gasteiger partial charge in [-0.1, -0.05) is 96.5 Å². The summed E-state index contributed by atoms with van der Waals surface area (Å²) in [4.78, 5) is 49.1. The van der Waals surface area contributed by atoms with E-state index in [0.717, 1.165) is 42.3 Å². The van der Waals surface area contributed by atoms with Crippen LogP contribution in [0.4, 0.5) is 10.5 Å². The number of carbonyl (C=O) groups excluding carboxylic acids is 3. The average Bonchev–Trinajstić information content (AvgIpc) is 3.23. The zero-order chi connectivity index (χ0) is 44.6. The monoisotopic (exact) mass is 870 g/mol. The van der Waals surface area contributed by atoms with Crippen molar-refractivity contribution in [3.63, 3.8) is 0 Å². The second-order valence-electron chi connectivity index (χ2n) is 19.4. The molecule has 1 atom stereocenters. The van der Waals surface area contributed by atoms with Gasteiger partial charge < -0.3 is 24.0 Å². The molecule has 5 aromatic carbocycles. The number of nitrogens with zero attached hydrogens (tertiary/aromatic N) is 4. The number of piperidine rings is 1. The molecule has 0 bridgehead atoms. The molecule has 0 aliphatic carbocycles. The van der Waals surface area contributed by atoms with Crippen molar-refractivity contribution in [3.05, 3.63) is 125 Å². The van der Waals surface area contributed by atoms with E-state index >= 15 is 0 Å². The van der Waals surface area contributed by atoms with Gasteiger partial charge in [0, 0.05) is 63.8 Å². The Morgan fingerprint density at radius 2 is 1.43 bits per heavy atom. The van der Waals surface area contributed by atoms with Crippen molar-refractivity contribution in [2.45, 2.75) is 78.2 Å². The fraction of sp³-hybridized carbons (Fsp3) is 0.404. The number of rotatable bonds is 10. The fourth-order valence-electron chi connectivity index (χ4n) is 8.97. The van der Waals surface area contributed by atoms with Gasteiger partial charge >= 0.3 is 12.1 Å². The molecular weight excluding hydrogens is 812 g/mol.